The molecular weight excluding hydrogens is 300 g/mol. The number of hydrogen-bond donors (Lipinski definition) is 2. The van der Waals surface area contributed by atoms with Crippen molar-refractivity contribution in [2.75, 3.05) is 6.54 Å². The Morgan fingerprint density at radius 1 is 1.50 bits per heavy atom. The first-order valence-electron chi connectivity index (χ1n) is 5.98. The van der Waals surface area contributed by atoms with Crippen molar-refractivity contribution < 1.29 is 18.3 Å². The number of carboxylic acid groups (broad SMARTS) is 1. The van der Waals surface area contributed by atoms with E-state index in [0.717, 1.165) is 11.3 Å². The number of thiophene rings is 1. The van der Waals surface area contributed by atoms with E-state index in [-0.39, 0.29) is 16.7 Å². The second-order valence-electron chi connectivity index (χ2n) is 4.75. The van der Waals surface area contributed by atoms with E-state index in [0.29, 0.717) is 11.3 Å². The van der Waals surface area contributed by atoms with Crippen molar-refractivity contribution in [3.8, 4) is 6.07 Å². The summed E-state index contributed by atoms with van der Waals surface area (Å²) in [5.41, 5.74) is 0. The largest absolute Gasteiger partial charge is 0.481 e. The number of rotatable bonds is 7. The Morgan fingerprint density at radius 3 is 2.60 bits per heavy atom. The number of nitrogens with zero attached hydrogens (tertiary/aromatic N) is 1. The molecule has 0 fully saturated rings. The Balaban J connectivity index is 2.76. The van der Waals surface area contributed by atoms with E-state index < -0.39 is 21.9 Å². The maximum atomic E-state index is 12.0. The molecule has 1 aromatic rings. The van der Waals surface area contributed by atoms with Crippen molar-refractivity contribution in [1.82, 2.24) is 4.72 Å². The molecule has 1 heterocycles. The first kappa shape index (κ1) is 16.6. The van der Waals surface area contributed by atoms with E-state index >= 15 is 0 Å². The summed E-state index contributed by atoms with van der Waals surface area (Å²) in [5.74, 6) is -1.63. The molecule has 0 aliphatic carbocycles. The van der Waals surface area contributed by atoms with Gasteiger partial charge in [-0.15, -0.1) is 11.3 Å². The van der Waals surface area contributed by atoms with E-state index in [9.17, 15) is 13.2 Å². The van der Waals surface area contributed by atoms with Gasteiger partial charge in [-0.2, -0.15) is 5.26 Å². The number of nitriles is 1. The SMILES string of the molecule is CC(C)CC(CNS(=O)(=O)c1ccc(C#N)s1)C(=O)O. The molecule has 2 N–H and O–H groups in total. The third kappa shape index (κ3) is 4.59. The molecule has 8 heteroatoms. The molecule has 1 atom stereocenters. The third-order valence-electron chi connectivity index (χ3n) is 2.58. The van der Waals surface area contributed by atoms with Crippen LogP contribution in [0.15, 0.2) is 16.3 Å². The summed E-state index contributed by atoms with van der Waals surface area (Å²) in [5, 5.41) is 17.7. The minimum Gasteiger partial charge on any atom is -0.481 e. The minimum atomic E-state index is -3.76. The van der Waals surface area contributed by atoms with Gasteiger partial charge in [0.15, 0.2) is 0 Å². The fraction of sp³-hybridized carbons (Fsp3) is 0.500. The fourth-order valence-electron chi connectivity index (χ4n) is 1.65. The lowest BCUT2D eigenvalue weighted by atomic mass is 9.98. The van der Waals surface area contributed by atoms with Crippen molar-refractivity contribution in [1.29, 1.82) is 5.26 Å². The number of nitrogens with one attached hydrogen (secondary N) is 1. The van der Waals surface area contributed by atoms with Crippen LogP contribution in [0.25, 0.3) is 0 Å². The maximum absolute atomic E-state index is 12.0. The molecular formula is C12H16N2O4S2. The second-order valence-corrected chi connectivity index (χ2v) is 7.82. The molecule has 110 valence electrons. The van der Waals surface area contributed by atoms with Crippen molar-refractivity contribution in [3.63, 3.8) is 0 Å². The number of hydrogen-bond acceptors (Lipinski definition) is 5. The lowest BCUT2D eigenvalue weighted by Crippen LogP contribution is -2.33. The highest BCUT2D eigenvalue weighted by atomic mass is 32.2. The van der Waals surface area contributed by atoms with Gasteiger partial charge in [0.25, 0.3) is 0 Å². The van der Waals surface area contributed by atoms with E-state index in [2.05, 4.69) is 4.72 Å². The molecule has 0 spiro atoms. The van der Waals surface area contributed by atoms with Crippen LogP contribution >= 0.6 is 11.3 Å². The maximum Gasteiger partial charge on any atom is 0.307 e. The first-order valence-corrected chi connectivity index (χ1v) is 8.28. The molecule has 0 saturated carbocycles. The van der Waals surface area contributed by atoms with Gasteiger partial charge in [-0.3, -0.25) is 4.79 Å². The highest BCUT2D eigenvalue weighted by Gasteiger charge is 2.23. The predicted octanol–water partition coefficient (Wildman–Crippen LogP) is 1.64. The van der Waals surface area contributed by atoms with E-state index in [1.807, 2.05) is 19.9 Å². The Morgan fingerprint density at radius 2 is 2.15 bits per heavy atom. The lowest BCUT2D eigenvalue weighted by molar-refractivity contribution is -0.142. The number of carboxylic acids is 1. The Hall–Kier alpha value is -1.43. The van der Waals surface area contributed by atoms with Gasteiger partial charge >= 0.3 is 5.97 Å². The zero-order valence-corrected chi connectivity index (χ0v) is 12.8. The van der Waals surface area contributed by atoms with Crippen LogP contribution in [0.3, 0.4) is 0 Å². The Kier molecular flexibility index (Phi) is 5.68. The van der Waals surface area contributed by atoms with Gasteiger partial charge < -0.3 is 5.11 Å². The van der Waals surface area contributed by atoms with Gasteiger partial charge in [0.05, 0.1) is 5.92 Å². The Labute approximate surface area is 122 Å². The van der Waals surface area contributed by atoms with Crippen LogP contribution in [-0.2, 0) is 14.8 Å². The number of aliphatic carboxylic acids is 1. The van der Waals surface area contributed by atoms with Gasteiger partial charge in [-0.1, -0.05) is 13.8 Å². The third-order valence-corrected chi connectivity index (χ3v) is 5.49. The Bertz CT molecular complexity index is 614. The van der Waals surface area contributed by atoms with Crippen LogP contribution in [0.4, 0.5) is 0 Å². The van der Waals surface area contributed by atoms with E-state index in [4.69, 9.17) is 10.4 Å². The normalized spacial score (nSPS) is 13.1. The topological polar surface area (TPSA) is 107 Å². The molecule has 0 aliphatic heterocycles. The zero-order valence-electron chi connectivity index (χ0n) is 11.2. The molecule has 0 aliphatic rings. The summed E-state index contributed by atoms with van der Waals surface area (Å²) in [4.78, 5) is 11.4. The molecule has 0 bridgehead atoms. The molecule has 1 aromatic heterocycles. The van der Waals surface area contributed by atoms with Crippen molar-refractivity contribution in [2.45, 2.75) is 24.5 Å². The van der Waals surface area contributed by atoms with Crippen LogP contribution < -0.4 is 4.72 Å². The van der Waals surface area contributed by atoms with Gasteiger partial charge in [-0.25, -0.2) is 13.1 Å². The van der Waals surface area contributed by atoms with Gasteiger partial charge in [-0.05, 0) is 24.5 Å². The molecule has 0 aromatic carbocycles. The molecule has 1 unspecified atom stereocenters. The van der Waals surface area contributed by atoms with Crippen molar-refractivity contribution in [2.24, 2.45) is 11.8 Å². The van der Waals surface area contributed by atoms with Crippen LogP contribution in [0.2, 0.25) is 0 Å². The molecule has 20 heavy (non-hydrogen) atoms. The monoisotopic (exact) mass is 316 g/mol. The predicted molar refractivity (Wildman–Crippen MR) is 74.8 cm³/mol. The second kappa shape index (κ2) is 6.83. The van der Waals surface area contributed by atoms with Crippen LogP contribution in [-0.4, -0.2) is 26.0 Å². The van der Waals surface area contributed by atoms with Crippen LogP contribution in [0.5, 0.6) is 0 Å². The van der Waals surface area contributed by atoms with E-state index in [1.54, 1.807) is 0 Å². The highest BCUT2D eigenvalue weighted by molar-refractivity contribution is 7.91. The molecule has 0 radical (unpaired) electrons. The summed E-state index contributed by atoms with van der Waals surface area (Å²) in [6.45, 7) is 3.60. The lowest BCUT2D eigenvalue weighted by Gasteiger charge is -2.15. The average molecular weight is 316 g/mol. The standard InChI is InChI=1S/C12H16N2O4S2/c1-8(2)5-9(12(15)16)7-14-20(17,18)11-4-3-10(6-13)19-11/h3-4,8-9,14H,5,7H2,1-2H3,(H,15,16). The quantitative estimate of drug-likeness (QED) is 0.795. The average Bonchev–Trinajstić information content (AvgIpc) is 2.83. The fourth-order valence-corrected chi connectivity index (χ4v) is 3.88. The van der Waals surface area contributed by atoms with Gasteiger partial charge in [0.2, 0.25) is 10.0 Å². The molecule has 0 amide bonds. The summed E-state index contributed by atoms with van der Waals surface area (Å²) >= 11 is 0.855. The van der Waals surface area contributed by atoms with Gasteiger partial charge in [0.1, 0.15) is 15.2 Å². The number of sulfonamides is 1. The molecule has 6 nitrogen and oxygen atoms in total. The zero-order chi connectivity index (χ0) is 15.3. The van der Waals surface area contributed by atoms with Crippen molar-refractivity contribution in [3.05, 3.63) is 17.0 Å². The summed E-state index contributed by atoms with van der Waals surface area (Å²) < 4.78 is 26.3. The van der Waals surface area contributed by atoms with Crippen LogP contribution in [0.1, 0.15) is 25.1 Å². The van der Waals surface area contributed by atoms with E-state index in [1.165, 1.54) is 12.1 Å². The molecule has 1 rings (SSSR count). The highest BCUT2D eigenvalue weighted by Crippen LogP contribution is 2.21. The van der Waals surface area contributed by atoms with Crippen molar-refractivity contribution >= 4 is 27.3 Å². The van der Waals surface area contributed by atoms with Crippen LogP contribution in [0, 0.1) is 23.2 Å². The minimum absolute atomic E-state index is 0.0164. The smallest absolute Gasteiger partial charge is 0.307 e. The summed E-state index contributed by atoms with van der Waals surface area (Å²) in [7, 11) is -3.76. The molecule has 0 saturated heterocycles. The summed E-state index contributed by atoms with van der Waals surface area (Å²) in [6, 6.07) is 4.62. The summed E-state index contributed by atoms with van der Waals surface area (Å²) in [6.07, 6.45) is 0.395. The number of carbonyl (C=O) groups is 1. The van der Waals surface area contributed by atoms with Gasteiger partial charge in [0, 0.05) is 6.54 Å². The first-order chi connectivity index (χ1) is 9.26.